The van der Waals surface area contributed by atoms with Crippen LogP contribution in [0.3, 0.4) is 0 Å². The van der Waals surface area contributed by atoms with Gasteiger partial charge in [-0.15, -0.1) is 21.5 Å². The first kappa shape index (κ1) is 17.5. The van der Waals surface area contributed by atoms with Crippen molar-refractivity contribution in [2.75, 3.05) is 12.3 Å². The number of nitrogens with one attached hydrogen (secondary N) is 2. The molecule has 0 aromatic carbocycles. The van der Waals surface area contributed by atoms with Crippen LogP contribution in [-0.4, -0.2) is 34.4 Å². The summed E-state index contributed by atoms with van der Waals surface area (Å²) < 4.78 is 5.45. The lowest BCUT2D eigenvalue weighted by molar-refractivity contribution is -0.117. The topological polar surface area (TPSA) is 97.1 Å². The molecule has 7 nitrogen and oxygen atoms in total. The third kappa shape index (κ3) is 6.03. The summed E-state index contributed by atoms with van der Waals surface area (Å²) in [6, 6.07) is 3.28. The number of amides is 3. The second kappa shape index (κ2) is 8.68. The summed E-state index contributed by atoms with van der Waals surface area (Å²) in [5, 5.41) is 14.9. The molecule has 2 N–H and O–H groups in total. The van der Waals surface area contributed by atoms with Crippen molar-refractivity contribution in [3.05, 3.63) is 17.5 Å². The molecular weight excluding hydrogens is 336 g/mol. The van der Waals surface area contributed by atoms with E-state index in [1.807, 2.05) is 17.5 Å². The van der Waals surface area contributed by atoms with Gasteiger partial charge in [0.05, 0.1) is 10.6 Å². The average molecular weight is 354 g/mol. The summed E-state index contributed by atoms with van der Waals surface area (Å²) in [5.41, 5.74) is 0. The highest BCUT2D eigenvalue weighted by Crippen LogP contribution is 2.26. The van der Waals surface area contributed by atoms with Gasteiger partial charge in [-0.25, -0.2) is 4.79 Å². The Morgan fingerprint density at radius 3 is 2.91 bits per heavy atom. The lowest BCUT2D eigenvalue weighted by Crippen LogP contribution is -2.40. The minimum absolute atomic E-state index is 0.0314. The molecular formula is C14H18N4O3S2. The molecule has 0 saturated carbocycles. The molecule has 0 fully saturated rings. The molecule has 2 aromatic heterocycles. The van der Waals surface area contributed by atoms with Gasteiger partial charge in [-0.05, 0) is 23.8 Å². The van der Waals surface area contributed by atoms with Crippen molar-refractivity contribution in [3.8, 4) is 10.8 Å². The van der Waals surface area contributed by atoms with Crippen LogP contribution in [0.5, 0.6) is 0 Å². The minimum Gasteiger partial charge on any atom is -0.410 e. The van der Waals surface area contributed by atoms with E-state index in [4.69, 9.17) is 4.42 Å². The van der Waals surface area contributed by atoms with Gasteiger partial charge in [-0.3, -0.25) is 10.1 Å². The fourth-order valence-corrected chi connectivity index (χ4v) is 2.78. The van der Waals surface area contributed by atoms with Gasteiger partial charge in [0.25, 0.3) is 11.1 Å². The number of imide groups is 1. The van der Waals surface area contributed by atoms with Crippen LogP contribution in [0.1, 0.15) is 20.3 Å². The molecule has 0 aliphatic rings. The third-order valence-electron chi connectivity index (χ3n) is 2.73. The summed E-state index contributed by atoms with van der Waals surface area (Å²) in [6.45, 7) is 4.67. The lowest BCUT2D eigenvalue weighted by atomic mass is 10.1. The average Bonchev–Trinajstić information content (AvgIpc) is 3.15. The maximum Gasteiger partial charge on any atom is 0.321 e. The zero-order valence-electron chi connectivity index (χ0n) is 12.9. The number of thioether (sulfide) groups is 1. The second-order valence-electron chi connectivity index (χ2n) is 5.13. The molecule has 2 aromatic rings. The van der Waals surface area contributed by atoms with Crippen LogP contribution in [0.2, 0.25) is 0 Å². The van der Waals surface area contributed by atoms with Crippen molar-refractivity contribution in [1.82, 2.24) is 20.8 Å². The first-order valence-corrected chi connectivity index (χ1v) is 8.99. The van der Waals surface area contributed by atoms with Crippen LogP contribution in [0.4, 0.5) is 4.79 Å². The van der Waals surface area contributed by atoms with Gasteiger partial charge in [-0.2, -0.15) is 0 Å². The first-order chi connectivity index (χ1) is 11.0. The second-order valence-corrected chi connectivity index (χ2v) is 7.00. The smallest absolute Gasteiger partial charge is 0.321 e. The number of rotatable bonds is 7. The van der Waals surface area contributed by atoms with Gasteiger partial charge in [0.1, 0.15) is 0 Å². The number of carbonyl (C=O) groups is 2. The van der Waals surface area contributed by atoms with Crippen LogP contribution in [-0.2, 0) is 4.79 Å². The number of thiophene rings is 1. The van der Waals surface area contributed by atoms with Gasteiger partial charge < -0.3 is 9.73 Å². The summed E-state index contributed by atoms with van der Waals surface area (Å²) in [6.07, 6.45) is 0.865. The number of carbonyl (C=O) groups excluding carboxylic acids is 2. The van der Waals surface area contributed by atoms with E-state index in [0.29, 0.717) is 23.6 Å². The van der Waals surface area contributed by atoms with E-state index in [9.17, 15) is 9.59 Å². The molecule has 0 saturated heterocycles. The normalized spacial score (nSPS) is 10.7. The molecule has 2 rings (SSSR count). The fraction of sp³-hybridized carbons (Fsp3) is 0.429. The number of aromatic nitrogens is 2. The van der Waals surface area contributed by atoms with Crippen molar-refractivity contribution in [1.29, 1.82) is 0 Å². The standard InChI is InChI=1S/C14H18N4O3S2/c1-9(2)5-6-15-13(20)16-11(19)8-23-14-18-17-12(21-14)10-4-3-7-22-10/h3-4,7,9H,5-6,8H2,1-2H3,(H2,15,16,19,20). The Labute approximate surface area is 142 Å². The van der Waals surface area contributed by atoms with Crippen molar-refractivity contribution in [2.45, 2.75) is 25.5 Å². The molecule has 124 valence electrons. The molecule has 0 aliphatic heterocycles. The SMILES string of the molecule is CC(C)CCNC(=O)NC(=O)CSc1nnc(-c2cccs2)o1. The molecule has 0 spiro atoms. The maximum atomic E-state index is 11.7. The largest absolute Gasteiger partial charge is 0.410 e. The fourth-order valence-electron chi connectivity index (χ4n) is 1.58. The van der Waals surface area contributed by atoms with Crippen LogP contribution in [0.15, 0.2) is 27.2 Å². The number of hydrogen-bond acceptors (Lipinski definition) is 7. The Morgan fingerprint density at radius 1 is 1.39 bits per heavy atom. The van der Waals surface area contributed by atoms with E-state index >= 15 is 0 Å². The van der Waals surface area contributed by atoms with E-state index in [-0.39, 0.29) is 5.75 Å². The van der Waals surface area contributed by atoms with Crippen molar-refractivity contribution in [3.63, 3.8) is 0 Å². The van der Waals surface area contributed by atoms with E-state index in [1.165, 1.54) is 11.3 Å². The summed E-state index contributed by atoms with van der Waals surface area (Å²) in [4.78, 5) is 24.1. The summed E-state index contributed by atoms with van der Waals surface area (Å²) in [5.74, 6) is 0.544. The molecule has 2 heterocycles. The van der Waals surface area contributed by atoms with Crippen molar-refractivity contribution >= 4 is 35.0 Å². The maximum absolute atomic E-state index is 11.7. The molecule has 9 heteroatoms. The number of urea groups is 1. The van der Waals surface area contributed by atoms with Gasteiger partial charge in [-0.1, -0.05) is 31.7 Å². The highest BCUT2D eigenvalue weighted by atomic mass is 32.2. The number of hydrogen-bond donors (Lipinski definition) is 2. The Bertz CT molecular complexity index is 640. The van der Waals surface area contributed by atoms with Gasteiger partial charge in [0.15, 0.2) is 0 Å². The molecule has 0 atom stereocenters. The first-order valence-electron chi connectivity index (χ1n) is 7.12. The highest BCUT2D eigenvalue weighted by Gasteiger charge is 2.13. The van der Waals surface area contributed by atoms with Crippen LogP contribution >= 0.6 is 23.1 Å². The predicted octanol–water partition coefficient (Wildman–Crippen LogP) is 2.76. The van der Waals surface area contributed by atoms with Crippen LogP contribution in [0.25, 0.3) is 10.8 Å². The Balaban J connectivity index is 1.71. The molecule has 0 unspecified atom stereocenters. The van der Waals surface area contributed by atoms with E-state index in [1.54, 1.807) is 0 Å². The lowest BCUT2D eigenvalue weighted by Gasteiger charge is -2.07. The molecule has 0 aliphatic carbocycles. The highest BCUT2D eigenvalue weighted by molar-refractivity contribution is 7.99. The summed E-state index contributed by atoms with van der Waals surface area (Å²) in [7, 11) is 0. The third-order valence-corrected chi connectivity index (χ3v) is 4.40. The van der Waals surface area contributed by atoms with Gasteiger partial charge >= 0.3 is 6.03 Å². The van der Waals surface area contributed by atoms with Gasteiger partial charge in [0.2, 0.25) is 5.91 Å². The summed E-state index contributed by atoms with van der Waals surface area (Å²) >= 11 is 2.58. The predicted molar refractivity (Wildman–Crippen MR) is 89.3 cm³/mol. The molecule has 23 heavy (non-hydrogen) atoms. The van der Waals surface area contributed by atoms with Crippen molar-refractivity contribution < 1.29 is 14.0 Å². The zero-order chi connectivity index (χ0) is 16.7. The quantitative estimate of drug-likeness (QED) is 0.742. The van der Waals surface area contributed by atoms with Crippen LogP contribution in [0, 0.1) is 5.92 Å². The molecule has 3 amide bonds. The van der Waals surface area contributed by atoms with Crippen LogP contribution < -0.4 is 10.6 Å². The molecule has 0 radical (unpaired) electrons. The van der Waals surface area contributed by atoms with E-state index in [2.05, 4.69) is 34.7 Å². The van der Waals surface area contributed by atoms with Gasteiger partial charge in [0, 0.05) is 6.54 Å². The number of nitrogens with zero attached hydrogens (tertiary/aromatic N) is 2. The minimum atomic E-state index is -0.485. The zero-order valence-corrected chi connectivity index (χ0v) is 14.5. The molecule has 0 bridgehead atoms. The Kier molecular flexibility index (Phi) is 6.60. The monoisotopic (exact) mass is 354 g/mol. The van der Waals surface area contributed by atoms with E-state index < -0.39 is 11.9 Å². The van der Waals surface area contributed by atoms with E-state index in [0.717, 1.165) is 23.1 Å². The Hall–Kier alpha value is -1.87. The Morgan fingerprint density at radius 2 is 2.22 bits per heavy atom. The van der Waals surface area contributed by atoms with Crippen molar-refractivity contribution in [2.24, 2.45) is 5.92 Å².